The van der Waals surface area contributed by atoms with Crippen molar-refractivity contribution in [1.29, 1.82) is 0 Å². The number of benzene rings is 1. The largest absolute Gasteiger partial charge is 0.497 e. The number of ether oxygens (including phenoxy) is 2. The van der Waals surface area contributed by atoms with Crippen LogP contribution in [0.4, 0.5) is 9.59 Å². The van der Waals surface area contributed by atoms with Gasteiger partial charge < -0.3 is 20.5 Å². The van der Waals surface area contributed by atoms with Crippen LogP contribution in [0.3, 0.4) is 0 Å². The first-order chi connectivity index (χ1) is 11.3. The van der Waals surface area contributed by atoms with Crippen molar-refractivity contribution in [3.05, 3.63) is 36.0 Å². The van der Waals surface area contributed by atoms with Crippen molar-refractivity contribution in [1.82, 2.24) is 10.2 Å². The lowest BCUT2D eigenvalue weighted by molar-refractivity contribution is 0.0328. The Morgan fingerprint density at radius 3 is 2.38 bits per heavy atom. The summed E-state index contributed by atoms with van der Waals surface area (Å²) in [6.45, 7) is 5.40. The Kier molecular flexibility index (Phi) is 7.26. The van der Waals surface area contributed by atoms with Crippen LogP contribution in [-0.4, -0.2) is 42.8 Å². The molecule has 24 heavy (non-hydrogen) atoms. The van der Waals surface area contributed by atoms with E-state index in [1.54, 1.807) is 34.0 Å². The first-order valence-corrected chi connectivity index (χ1v) is 7.58. The highest BCUT2D eigenvalue weighted by Crippen LogP contribution is 2.12. The quantitative estimate of drug-likeness (QED) is 0.862. The summed E-state index contributed by atoms with van der Waals surface area (Å²) in [4.78, 5) is 25.1. The molecule has 0 aromatic heterocycles. The summed E-state index contributed by atoms with van der Waals surface area (Å²) < 4.78 is 10.3. The first kappa shape index (κ1) is 19.5. The number of methoxy groups -OCH3 is 1. The van der Waals surface area contributed by atoms with Crippen LogP contribution >= 0.6 is 0 Å². The molecule has 0 fully saturated rings. The SMILES string of the molecule is COc1ccc(/C=C/NC(=O)N(CCN)C(=O)OC(C)(C)C)cc1. The number of carbonyl (C=O) groups is 2. The monoisotopic (exact) mass is 335 g/mol. The van der Waals surface area contributed by atoms with Crippen LogP contribution in [0, 0.1) is 0 Å². The number of hydrogen-bond donors (Lipinski definition) is 2. The first-order valence-electron chi connectivity index (χ1n) is 7.58. The molecular weight excluding hydrogens is 310 g/mol. The van der Waals surface area contributed by atoms with Crippen molar-refractivity contribution in [2.45, 2.75) is 26.4 Å². The van der Waals surface area contributed by atoms with Gasteiger partial charge in [-0.2, -0.15) is 0 Å². The number of nitrogens with two attached hydrogens (primary N) is 1. The second kappa shape index (κ2) is 8.93. The molecule has 0 radical (unpaired) electrons. The highest BCUT2D eigenvalue weighted by atomic mass is 16.6. The van der Waals surface area contributed by atoms with Crippen molar-refractivity contribution >= 4 is 18.2 Å². The third kappa shape index (κ3) is 6.70. The van der Waals surface area contributed by atoms with Gasteiger partial charge in [-0.3, -0.25) is 0 Å². The molecule has 0 saturated heterocycles. The van der Waals surface area contributed by atoms with Gasteiger partial charge in [0.05, 0.1) is 7.11 Å². The molecule has 1 aromatic carbocycles. The average molecular weight is 335 g/mol. The van der Waals surface area contributed by atoms with Crippen molar-refractivity contribution in [3.8, 4) is 5.75 Å². The Morgan fingerprint density at radius 1 is 1.25 bits per heavy atom. The van der Waals surface area contributed by atoms with Crippen molar-refractivity contribution in [2.24, 2.45) is 5.73 Å². The van der Waals surface area contributed by atoms with Crippen molar-refractivity contribution in [3.63, 3.8) is 0 Å². The number of carbonyl (C=O) groups excluding carboxylic acids is 2. The molecular formula is C17H25N3O4. The van der Waals surface area contributed by atoms with Gasteiger partial charge in [-0.15, -0.1) is 0 Å². The maximum atomic E-state index is 12.1. The van der Waals surface area contributed by atoms with E-state index in [2.05, 4.69) is 5.32 Å². The zero-order valence-corrected chi connectivity index (χ0v) is 14.5. The molecule has 0 spiro atoms. The van der Waals surface area contributed by atoms with Crippen LogP contribution < -0.4 is 15.8 Å². The molecule has 7 heteroatoms. The van der Waals surface area contributed by atoms with Gasteiger partial charge in [-0.1, -0.05) is 12.1 Å². The zero-order valence-electron chi connectivity index (χ0n) is 14.5. The lowest BCUT2D eigenvalue weighted by Gasteiger charge is -2.25. The van der Waals surface area contributed by atoms with E-state index >= 15 is 0 Å². The number of amides is 3. The molecule has 1 aromatic rings. The molecule has 0 saturated carbocycles. The Hall–Kier alpha value is -2.54. The number of hydrogen-bond acceptors (Lipinski definition) is 5. The smallest absolute Gasteiger partial charge is 0.418 e. The van der Waals surface area contributed by atoms with Gasteiger partial charge in [-0.05, 0) is 44.5 Å². The van der Waals surface area contributed by atoms with Gasteiger partial charge in [0.25, 0.3) is 0 Å². The number of nitrogens with one attached hydrogen (secondary N) is 1. The number of imide groups is 1. The average Bonchev–Trinajstić information content (AvgIpc) is 2.51. The summed E-state index contributed by atoms with van der Waals surface area (Å²) in [5, 5.41) is 2.53. The summed E-state index contributed by atoms with van der Waals surface area (Å²) in [6, 6.07) is 6.70. The third-order valence-electron chi connectivity index (χ3n) is 2.81. The van der Waals surface area contributed by atoms with E-state index in [-0.39, 0.29) is 13.1 Å². The van der Waals surface area contributed by atoms with E-state index in [9.17, 15) is 9.59 Å². The summed E-state index contributed by atoms with van der Waals surface area (Å²) in [5.41, 5.74) is 5.64. The zero-order chi connectivity index (χ0) is 18.2. The van der Waals surface area contributed by atoms with E-state index in [1.165, 1.54) is 6.20 Å². The normalized spacial score (nSPS) is 11.2. The highest BCUT2D eigenvalue weighted by Gasteiger charge is 2.26. The predicted molar refractivity (Wildman–Crippen MR) is 92.6 cm³/mol. The standard InChI is InChI=1S/C17H25N3O4/c1-17(2,3)24-16(22)20(12-10-18)15(21)19-11-9-13-5-7-14(23-4)8-6-13/h5-9,11H,10,12,18H2,1-4H3,(H,19,21)/b11-9+. The maximum Gasteiger partial charge on any atom is 0.418 e. The Morgan fingerprint density at radius 2 is 1.88 bits per heavy atom. The minimum Gasteiger partial charge on any atom is -0.497 e. The maximum absolute atomic E-state index is 12.1. The van der Waals surface area contributed by atoms with E-state index < -0.39 is 17.7 Å². The van der Waals surface area contributed by atoms with Gasteiger partial charge in [-0.25, -0.2) is 14.5 Å². The van der Waals surface area contributed by atoms with Gasteiger partial charge in [0.2, 0.25) is 0 Å². The van der Waals surface area contributed by atoms with Crippen LogP contribution in [0.5, 0.6) is 5.75 Å². The minimum absolute atomic E-state index is 0.0666. The Bertz CT molecular complexity index is 576. The van der Waals surface area contributed by atoms with Crippen LogP contribution in [0.25, 0.3) is 6.08 Å². The molecule has 3 amide bonds. The summed E-state index contributed by atoms with van der Waals surface area (Å²) in [5.74, 6) is 0.746. The fourth-order valence-electron chi connectivity index (χ4n) is 1.72. The Labute approximate surface area is 142 Å². The highest BCUT2D eigenvalue weighted by molar-refractivity contribution is 5.91. The van der Waals surface area contributed by atoms with E-state index in [1.807, 2.05) is 24.3 Å². The molecule has 1 rings (SSSR count). The fourth-order valence-corrected chi connectivity index (χ4v) is 1.72. The Balaban J connectivity index is 2.67. The second-order valence-corrected chi connectivity index (χ2v) is 5.98. The molecule has 0 aliphatic rings. The molecule has 3 N–H and O–H groups in total. The van der Waals surface area contributed by atoms with Gasteiger partial charge in [0, 0.05) is 19.3 Å². The molecule has 7 nitrogen and oxygen atoms in total. The topological polar surface area (TPSA) is 93.9 Å². The van der Waals surface area contributed by atoms with Gasteiger partial charge in [0.15, 0.2) is 0 Å². The summed E-state index contributed by atoms with van der Waals surface area (Å²) in [6.07, 6.45) is 2.42. The van der Waals surface area contributed by atoms with Crippen LogP contribution in [0.15, 0.2) is 30.5 Å². The van der Waals surface area contributed by atoms with Crippen LogP contribution in [0.2, 0.25) is 0 Å². The molecule has 0 atom stereocenters. The number of urea groups is 1. The number of rotatable bonds is 5. The fraction of sp³-hybridized carbons (Fsp3) is 0.412. The van der Waals surface area contributed by atoms with E-state index in [0.717, 1.165) is 16.2 Å². The van der Waals surface area contributed by atoms with Gasteiger partial charge in [0.1, 0.15) is 11.4 Å². The molecule has 0 heterocycles. The molecule has 0 aliphatic carbocycles. The number of nitrogens with zero attached hydrogens (tertiary/aromatic N) is 1. The van der Waals surface area contributed by atoms with Gasteiger partial charge >= 0.3 is 12.1 Å². The predicted octanol–water partition coefficient (Wildman–Crippen LogP) is 2.57. The van der Waals surface area contributed by atoms with Crippen molar-refractivity contribution < 1.29 is 19.1 Å². The van der Waals surface area contributed by atoms with E-state index in [0.29, 0.717) is 0 Å². The van der Waals surface area contributed by atoms with E-state index in [4.69, 9.17) is 15.2 Å². The third-order valence-corrected chi connectivity index (χ3v) is 2.81. The van der Waals surface area contributed by atoms with Crippen molar-refractivity contribution in [2.75, 3.05) is 20.2 Å². The molecule has 0 aliphatic heterocycles. The lowest BCUT2D eigenvalue weighted by Crippen LogP contribution is -2.46. The minimum atomic E-state index is -0.733. The molecule has 0 unspecified atom stereocenters. The molecule has 132 valence electrons. The summed E-state index contributed by atoms with van der Waals surface area (Å²) in [7, 11) is 1.59. The second-order valence-electron chi connectivity index (χ2n) is 5.98. The van der Waals surface area contributed by atoms with Crippen LogP contribution in [-0.2, 0) is 4.74 Å². The summed E-state index contributed by atoms with van der Waals surface area (Å²) >= 11 is 0. The molecule has 0 bridgehead atoms. The van der Waals surface area contributed by atoms with Crippen LogP contribution in [0.1, 0.15) is 26.3 Å². The lowest BCUT2D eigenvalue weighted by atomic mass is 10.2.